The number of hydrogen-bond acceptors (Lipinski definition) is 3. The van der Waals surface area contributed by atoms with Gasteiger partial charge in [0.05, 0.1) is 11.9 Å². The second kappa shape index (κ2) is 7.47. The molecule has 0 radical (unpaired) electrons. The molecule has 3 rings (SSSR count). The van der Waals surface area contributed by atoms with E-state index in [1.807, 2.05) is 55.7 Å². The van der Waals surface area contributed by atoms with Crippen molar-refractivity contribution >= 4 is 11.6 Å². The molecule has 2 heterocycles. The Kier molecular flexibility index (Phi) is 5.14. The molecule has 2 aromatic rings. The van der Waals surface area contributed by atoms with Gasteiger partial charge in [-0.2, -0.15) is 0 Å². The monoisotopic (exact) mass is 323 g/mol. The summed E-state index contributed by atoms with van der Waals surface area (Å²) in [5, 5.41) is 0. The van der Waals surface area contributed by atoms with Gasteiger partial charge in [-0.3, -0.25) is 4.79 Å². The summed E-state index contributed by atoms with van der Waals surface area (Å²) in [6.45, 7) is 5.03. The number of rotatable bonds is 4. The van der Waals surface area contributed by atoms with Crippen LogP contribution in [0.2, 0.25) is 0 Å². The SMILES string of the molecule is CC1CCCN(c2ccc(C(=O)N(C)Cc3ccccc3)nc2)C1. The number of amides is 1. The van der Waals surface area contributed by atoms with Gasteiger partial charge in [0.25, 0.3) is 5.91 Å². The second-order valence-corrected chi connectivity index (χ2v) is 6.74. The molecule has 0 aliphatic carbocycles. The number of carbonyl (C=O) groups is 1. The molecular formula is C20H25N3O. The molecule has 4 nitrogen and oxygen atoms in total. The first kappa shape index (κ1) is 16.5. The van der Waals surface area contributed by atoms with Crippen molar-refractivity contribution in [1.29, 1.82) is 0 Å². The van der Waals surface area contributed by atoms with Crippen molar-refractivity contribution in [2.75, 3.05) is 25.0 Å². The molecule has 1 unspecified atom stereocenters. The zero-order valence-electron chi connectivity index (χ0n) is 14.5. The summed E-state index contributed by atoms with van der Waals surface area (Å²) in [5.74, 6) is 0.675. The molecule has 4 heteroatoms. The van der Waals surface area contributed by atoms with Gasteiger partial charge in [0.1, 0.15) is 5.69 Å². The van der Waals surface area contributed by atoms with Crippen LogP contribution in [0.4, 0.5) is 5.69 Å². The van der Waals surface area contributed by atoms with E-state index in [1.54, 1.807) is 4.90 Å². The molecule has 126 valence electrons. The quantitative estimate of drug-likeness (QED) is 0.863. The predicted molar refractivity (Wildman–Crippen MR) is 97.1 cm³/mol. The Hall–Kier alpha value is -2.36. The zero-order chi connectivity index (χ0) is 16.9. The number of nitrogens with zero attached hydrogens (tertiary/aromatic N) is 3. The normalized spacial score (nSPS) is 17.6. The van der Waals surface area contributed by atoms with Crippen molar-refractivity contribution in [1.82, 2.24) is 9.88 Å². The summed E-state index contributed by atoms with van der Waals surface area (Å²) in [4.78, 5) is 21.0. The van der Waals surface area contributed by atoms with E-state index in [0.717, 1.165) is 30.3 Å². The van der Waals surface area contributed by atoms with E-state index in [2.05, 4.69) is 16.8 Å². The lowest BCUT2D eigenvalue weighted by molar-refractivity contribution is 0.0779. The highest BCUT2D eigenvalue weighted by Crippen LogP contribution is 2.22. The molecule has 1 fully saturated rings. The Morgan fingerprint density at radius 3 is 2.71 bits per heavy atom. The molecule has 0 spiro atoms. The molecule has 0 bridgehead atoms. The number of piperidine rings is 1. The van der Waals surface area contributed by atoms with Crippen molar-refractivity contribution in [2.24, 2.45) is 5.92 Å². The molecule has 1 aromatic carbocycles. The summed E-state index contributed by atoms with van der Waals surface area (Å²) in [5.41, 5.74) is 2.73. The van der Waals surface area contributed by atoms with Gasteiger partial charge in [0.15, 0.2) is 0 Å². The maximum atomic E-state index is 12.5. The van der Waals surface area contributed by atoms with Crippen LogP contribution in [0.5, 0.6) is 0 Å². The second-order valence-electron chi connectivity index (χ2n) is 6.74. The number of pyridine rings is 1. The minimum atomic E-state index is -0.0441. The van der Waals surface area contributed by atoms with Gasteiger partial charge < -0.3 is 9.80 Å². The first-order valence-corrected chi connectivity index (χ1v) is 8.64. The van der Waals surface area contributed by atoms with Crippen molar-refractivity contribution < 1.29 is 4.79 Å². The van der Waals surface area contributed by atoms with E-state index < -0.39 is 0 Å². The van der Waals surface area contributed by atoms with Crippen LogP contribution < -0.4 is 4.90 Å². The zero-order valence-corrected chi connectivity index (χ0v) is 14.5. The average molecular weight is 323 g/mol. The Labute approximate surface area is 144 Å². The molecule has 1 aliphatic heterocycles. The Morgan fingerprint density at radius 1 is 1.25 bits per heavy atom. The number of carbonyl (C=O) groups excluding carboxylic acids is 1. The Bertz CT molecular complexity index is 669. The van der Waals surface area contributed by atoms with Crippen LogP contribution >= 0.6 is 0 Å². The predicted octanol–water partition coefficient (Wildman–Crippen LogP) is 3.59. The van der Waals surface area contributed by atoms with Crippen molar-refractivity contribution in [3.05, 3.63) is 59.9 Å². The molecule has 0 N–H and O–H groups in total. The highest BCUT2D eigenvalue weighted by molar-refractivity contribution is 5.92. The van der Waals surface area contributed by atoms with E-state index in [4.69, 9.17) is 0 Å². The number of anilines is 1. The van der Waals surface area contributed by atoms with E-state index in [0.29, 0.717) is 12.2 Å². The lowest BCUT2D eigenvalue weighted by Gasteiger charge is -2.32. The lowest BCUT2D eigenvalue weighted by atomic mass is 10.00. The fourth-order valence-electron chi connectivity index (χ4n) is 3.25. The highest BCUT2D eigenvalue weighted by atomic mass is 16.2. The van der Waals surface area contributed by atoms with E-state index in [9.17, 15) is 4.79 Å². The van der Waals surface area contributed by atoms with Gasteiger partial charge >= 0.3 is 0 Å². The summed E-state index contributed by atoms with van der Waals surface area (Å²) < 4.78 is 0. The maximum Gasteiger partial charge on any atom is 0.272 e. The first-order chi connectivity index (χ1) is 11.6. The van der Waals surface area contributed by atoms with Gasteiger partial charge in [0, 0.05) is 26.7 Å². The van der Waals surface area contributed by atoms with Crippen LogP contribution in [0.1, 0.15) is 35.8 Å². The fraction of sp³-hybridized carbons (Fsp3) is 0.400. The van der Waals surface area contributed by atoms with Crippen LogP contribution in [0.15, 0.2) is 48.7 Å². The fourth-order valence-corrected chi connectivity index (χ4v) is 3.25. The lowest BCUT2D eigenvalue weighted by Crippen LogP contribution is -2.34. The topological polar surface area (TPSA) is 36.4 Å². The van der Waals surface area contributed by atoms with Crippen LogP contribution in [0, 0.1) is 5.92 Å². The minimum Gasteiger partial charge on any atom is -0.370 e. The Morgan fingerprint density at radius 2 is 2.04 bits per heavy atom. The van der Waals surface area contributed by atoms with Crippen molar-refractivity contribution in [3.63, 3.8) is 0 Å². The summed E-state index contributed by atoms with van der Waals surface area (Å²) in [6, 6.07) is 13.9. The number of benzene rings is 1. The number of hydrogen-bond donors (Lipinski definition) is 0. The molecular weight excluding hydrogens is 298 g/mol. The smallest absolute Gasteiger partial charge is 0.272 e. The van der Waals surface area contributed by atoms with E-state index in [1.165, 1.54) is 12.8 Å². The summed E-state index contributed by atoms with van der Waals surface area (Å²) in [6.07, 6.45) is 4.36. The third kappa shape index (κ3) is 3.94. The third-order valence-electron chi connectivity index (χ3n) is 4.60. The van der Waals surface area contributed by atoms with Crippen LogP contribution in [-0.2, 0) is 6.54 Å². The highest BCUT2D eigenvalue weighted by Gasteiger charge is 2.18. The standard InChI is InChI=1S/C20H25N3O/c1-16-7-6-12-23(14-16)18-10-11-19(21-13-18)20(24)22(2)15-17-8-4-3-5-9-17/h3-5,8-11,13,16H,6-7,12,14-15H2,1-2H3. The van der Waals surface area contributed by atoms with Crippen molar-refractivity contribution in [2.45, 2.75) is 26.3 Å². The molecule has 24 heavy (non-hydrogen) atoms. The number of aromatic nitrogens is 1. The third-order valence-corrected chi connectivity index (χ3v) is 4.60. The summed E-state index contributed by atoms with van der Waals surface area (Å²) in [7, 11) is 1.82. The minimum absolute atomic E-state index is 0.0441. The van der Waals surface area contributed by atoms with Crippen molar-refractivity contribution in [3.8, 4) is 0 Å². The largest absolute Gasteiger partial charge is 0.370 e. The van der Waals surface area contributed by atoms with Gasteiger partial charge in [0.2, 0.25) is 0 Å². The molecule has 1 saturated heterocycles. The summed E-state index contributed by atoms with van der Waals surface area (Å²) >= 11 is 0. The maximum absolute atomic E-state index is 12.5. The van der Waals surface area contributed by atoms with Gasteiger partial charge in [-0.1, -0.05) is 37.3 Å². The van der Waals surface area contributed by atoms with Gasteiger partial charge in [-0.05, 0) is 36.5 Å². The molecule has 0 saturated carbocycles. The first-order valence-electron chi connectivity index (χ1n) is 8.64. The van der Waals surface area contributed by atoms with Gasteiger partial charge in [-0.25, -0.2) is 4.98 Å². The average Bonchev–Trinajstić information content (AvgIpc) is 2.62. The van der Waals surface area contributed by atoms with Crippen LogP contribution in [-0.4, -0.2) is 35.9 Å². The van der Waals surface area contributed by atoms with Gasteiger partial charge in [-0.15, -0.1) is 0 Å². The Balaban J connectivity index is 1.65. The molecule has 1 atom stereocenters. The van der Waals surface area contributed by atoms with E-state index >= 15 is 0 Å². The molecule has 1 amide bonds. The molecule has 1 aromatic heterocycles. The van der Waals surface area contributed by atoms with Crippen LogP contribution in [0.3, 0.4) is 0 Å². The van der Waals surface area contributed by atoms with E-state index in [-0.39, 0.29) is 5.91 Å². The van der Waals surface area contributed by atoms with Crippen LogP contribution in [0.25, 0.3) is 0 Å². The molecule has 1 aliphatic rings.